The Labute approximate surface area is 240 Å². The molecule has 0 radical (unpaired) electrons. The molecule has 5 rings (SSSR count). The Kier molecular flexibility index (Phi) is 9.10. The largest absolute Gasteiger partial charge is 0.497 e. The van der Waals surface area contributed by atoms with Crippen LogP contribution in [0.3, 0.4) is 0 Å². The van der Waals surface area contributed by atoms with Crippen LogP contribution in [0.2, 0.25) is 0 Å². The predicted molar refractivity (Wildman–Crippen MR) is 161 cm³/mol. The standard InChI is InChI=1S/C31H37N5O5/c1-39-24-12-9-22(10-13-24)33-31(38)34-23-11-14-27(26(20-23)30(37)32-21-25-6-5-19-41-25)35-15-17-36(18-16-35)28-7-3-4-8-29(28)40-2/h3-4,7-14,20,25H,5-6,15-19,21H2,1-2H3,(H,32,37)(H2,33,34,38). The Morgan fingerprint density at radius 3 is 2.22 bits per heavy atom. The lowest BCUT2D eigenvalue weighted by Crippen LogP contribution is -2.47. The molecule has 3 N–H and O–H groups in total. The lowest BCUT2D eigenvalue weighted by molar-refractivity contribution is 0.0858. The molecule has 2 fully saturated rings. The zero-order valence-electron chi connectivity index (χ0n) is 23.5. The second kappa shape index (κ2) is 13.3. The molecule has 216 valence electrons. The summed E-state index contributed by atoms with van der Waals surface area (Å²) in [6.45, 7) is 4.20. The second-order valence-corrected chi connectivity index (χ2v) is 10.0. The van der Waals surface area contributed by atoms with Crippen LogP contribution in [0.15, 0.2) is 66.7 Å². The average Bonchev–Trinajstić information content (AvgIpc) is 3.54. The van der Waals surface area contributed by atoms with Gasteiger partial charge in [-0.2, -0.15) is 0 Å². The van der Waals surface area contributed by atoms with Gasteiger partial charge in [0.05, 0.1) is 31.6 Å². The van der Waals surface area contributed by atoms with Crippen molar-refractivity contribution >= 4 is 34.7 Å². The van der Waals surface area contributed by atoms with Gasteiger partial charge in [-0.25, -0.2) is 4.79 Å². The summed E-state index contributed by atoms with van der Waals surface area (Å²) in [4.78, 5) is 30.7. The molecule has 2 aliphatic heterocycles. The molecule has 10 nitrogen and oxygen atoms in total. The first-order chi connectivity index (χ1) is 20.0. The van der Waals surface area contributed by atoms with Crippen LogP contribution >= 0.6 is 0 Å². The van der Waals surface area contributed by atoms with E-state index in [0.29, 0.717) is 29.2 Å². The van der Waals surface area contributed by atoms with Crippen molar-refractivity contribution in [1.82, 2.24) is 5.32 Å². The maximum Gasteiger partial charge on any atom is 0.323 e. The fourth-order valence-electron chi connectivity index (χ4n) is 5.23. The highest BCUT2D eigenvalue weighted by Gasteiger charge is 2.25. The van der Waals surface area contributed by atoms with E-state index in [2.05, 4.69) is 31.8 Å². The number of carbonyl (C=O) groups is 2. The molecule has 1 unspecified atom stereocenters. The molecule has 2 saturated heterocycles. The van der Waals surface area contributed by atoms with Crippen LogP contribution in [-0.4, -0.2) is 71.6 Å². The Bertz CT molecular complexity index is 1330. The maximum atomic E-state index is 13.5. The number of anilines is 4. The summed E-state index contributed by atoms with van der Waals surface area (Å²) in [5.41, 5.74) is 3.55. The lowest BCUT2D eigenvalue weighted by atomic mass is 10.1. The highest BCUT2D eigenvalue weighted by Crippen LogP contribution is 2.31. The third-order valence-electron chi connectivity index (χ3n) is 7.41. The number of nitrogens with one attached hydrogen (secondary N) is 3. The van der Waals surface area contributed by atoms with E-state index in [0.717, 1.165) is 62.8 Å². The summed E-state index contributed by atoms with van der Waals surface area (Å²) < 4.78 is 16.4. The van der Waals surface area contributed by atoms with Gasteiger partial charge in [0.1, 0.15) is 11.5 Å². The number of ether oxygens (including phenoxy) is 3. The fraction of sp³-hybridized carbons (Fsp3) is 0.355. The van der Waals surface area contributed by atoms with E-state index in [-0.39, 0.29) is 12.0 Å². The average molecular weight is 560 g/mol. The van der Waals surface area contributed by atoms with Crippen molar-refractivity contribution in [2.75, 3.05) is 74.0 Å². The van der Waals surface area contributed by atoms with Crippen LogP contribution in [0.25, 0.3) is 0 Å². The van der Waals surface area contributed by atoms with Crippen LogP contribution in [-0.2, 0) is 4.74 Å². The fourth-order valence-corrected chi connectivity index (χ4v) is 5.23. The van der Waals surface area contributed by atoms with Crippen LogP contribution in [0, 0.1) is 0 Å². The van der Waals surface area contributed by atoms with Crippen molar-refractivity contribution in [3.63, 3.8) is 0 Å². The first kappa shape index (κ1) is 28.1. The first-order valence-corrected chi connectivity index (χ1v) is 13.9. The number of nitrogens with zero attached hydrogens (tertiary/aromatic N) is 2. The quantitative estimate of drug-likeness (QED) is 0.353. The van der Waals surface area contributed by atoms with Crippen LogP contribution in [0.1, 0.15) is 23.2 Å². The molecular weight excluding hydrogens is 522 g/mol. The summed E-state index contributed by atoms with van der Waals surface area (Å²) in [7, 11) is 3.27. The van der Waals surface area contributed by atoms with Crippen LogP contribution < -0.4 is 35.2 Å². The van der Waals surface area contributed by atoms with E-state index < -0.39 is 6.03 Å². The summed E-state index contributed by atoms with van der Waals surface area (Å²) >= 11 is 0. The molecule has 3 aromatic carbocycles. The van der Waals surface area contributed by atoms with Crippen molar-refractivity contribution < 1.29 is 23.8 Å². The van der Waals surface area contributed by atoms with Crippen molar-refractivity contribution in [1.29, 1.82) is 0 Å². The van der Waals surface area contributed by atoms with Gasteiger partial charge >= 0.3 is 6.03 Å². The van der Waals surface area contributed by atoms with Crippen LogP contribution in [0.5, 0.6) is 11.5 Å². The molecule has 0 aliphatic carbocycles. The van der Waals surface area contributed by atoms with Gasteiger partial charge in [0, 0.05) is 56.4 Å². The summed E-state index contributed by atoms with van der Waals surface area (Å²) in [6.07, 6.45) is 1.97. The number of hydrogen-bond acceptors (Lipinski definition) is 7. The smallest absolute Gasteiger partial charge is 0.323 e. The Morgan fingerprint density at radius 1 is 0.854 bits per heavy atom. The van der Waals surface area contributed by atoms with E-state index in [1.807, 2.05) is 30.3 Å². The molecule has 0 spiro atoms. The number of urea groups is 1. The minimum absolute atomic E-state index is 0.0309. The van der Waals surface area contributed by atoms with E-state index in [1.54, 1.807) is 44.6 Å². The van der Waals surface area contributed by atoms with Crippen molar-refractivity contribution in [3.8, 4) is 11.5 Å². The number of carbonyl (C=O) groups excluding carboxylic acids is 2. The summed E-state index contributed by atoms with van der Waals surface area (Å²) in [5.74, 6) is 1.36. The third kappa shape index (κ3) is 7.01. The third-order valence-corrected chi connectivity index (χ3v) is 7.41. The number of methoxy groups -OCH3 is 2. The molecule has 2 heterocycles. The molecule has 0 aromatic heterocycles. The van der Waals surface area contributed by atoms with Gasteiger partial charge in [-0.3, -0.25) is 4.79 Å². The number of piperazine rings is 1. The van der Waals surface area contributed by atoms with E-state index in [9.17, 15) is 9.59 Å². The van der Waals surface area contributed by atoms with Gasteiger partial charge in [-0.1, -0.05) is 12.1 Å². The number of para-hydroxylation sites is 2. The number of rotatable bonds is 9. The van der Waals surface area contributed by atoms with Gasteiger partial charge in [0.15, 0.2) is 0 Å². The molecule has 0 saturated carbocycles. The molecule has 3 aromatic rings. The molecule has 2 aliphatic rings. The Hall–Kier alpha value is -4.44. The van der Waals surface area contributed by atoms with Crippen molar-refractivity contribution in [3.05, 3.63) is 72.3 Å². The van der Waals surface area contributed by atoms with Gasteiger partial charge < -0.3 is 40.0 Å². The summed E-state index contributed by atoms with van der Waals surface area (Å²) in [6, 6.07) is 20.1. The van der Waals surface area contributed by atoms with E-state index in [1.165, 1.54) is 0 Å². The molecule has 41 heavy (non-hydrogen) atoms. The maximum absolute atomic E-state index is 13.5. The Balaban J connectivity index is 1.30. The van der Waals surface area contributed by atoms with Crippen molar-refractivity contribution in [2.24, 2.45) is 0 Å². The Morgan fingerprint density at radius 2 is 1.54 bits per heavy atom. The highest BCUT2D eigenvalue weighted by molar-refractivity contribution is 6.04. The monoisotopic (exact) mass is 559 g/mol. The first-order valence-electron chi connectivity index (χ1n) is 13.9. The highest BCUT2D eigenvalue weighted by atomic mass is 16.5. The number of benzene rings is 3. The summed E-state index contributed by atoms with van der Waals surface area (Å²) in [5, 5.41) is 8.71. The van der Waals surface area contributed by atoms with E-state index >= 15 is 0 Å². The van der Waals surface area contributed by atoms with Gasteiger partial charge in [-0.05, 0) is 67.4 Å². The normalized spacial score (nSPS) is 16.7. The topological polar surface area (TPSA) is 104 Å². The zero-order chi connectivity index (χ0) is 28.6. The minimum atomic E-state index is -0.404. The van der Waals surface area contributed by atoms with Gasteiger partial charge in [0.25, 0.3) is 5.91 Å². The number of amides is 3. The molecule has 10 heteroatoms. The zero-order valence-corrected chi connectivity index (χ0v) is 23.5. The molecule has 3 amide bonds. The van der Waals surface area contributed by atoms with Gasteiger partial charge in [0.2, 0.25) is 0 Å². The predicted octanol–water partition coefficient (Wildman–Crippen LogP) is 4.58. The van der Waals surface area contributed by atoms with Crippen LogP contribution in [0.4, 0.5) is 27.5 Å². The molecular formula is C31H37N5O5. The molecule has 1 atom stereocenters. The lowest BCUT2D eigenvalue weighted by Gasteiger charge is -2.38. The van der Waals surface area contributed by atoms with Gasteiger partial charge in [-0.15, -0.1) is 0 Å². The SMILES string of the molecule is COc1ccc(NC(=O)Nc2ccc(N3CCN(c4ccccc4OC)CC3)c(C(=O)NCC3CCCO3)c2)cc1. The second-order valence-electron chi connectivity index (χ2n) is 10.0. The van der Waals surface area contributed by atoms with Crippen molar-refractivity contribution in [2.45, 2.75) is 18.9 Å². The van der Waals surface area contributed by atoms with E-state index in [4.69, 9.17) is 14.2 Å². The minimum Gasteiger partial charge on any atom is -0.497 e. The molecule has 0 bridgehead atoms. The number of hydrogen-bond donors (Lipinski definition) is 3.